The Labute approximate surface area is 94.3 Å². The molecule has 0 unspecified atom stereocenters. The molecule has 0 fully saturated rings. The molecule has 1 rings (SSSR count). The SMILES string of the molecule is O=C(CCCCO)NCc1cccc(F)c1. The van der Waals surface area contributed by atoms with Gasteiger partial charge in [0.2, 0.25) is 5.91 Å². The number of carbonyl (C=O) groups excluding carboxylic acids is 1. The van der Waals surface area contributed by atoms with Gasteiger partial charge in [-0.15, -0.1) is 0 Å². The fraction of sp³-hybridized carbons (Fsp3) is 0.417. The number of halogens is 1. The van der Waals surface area contributed by atoms with Gasteiger partial charge in [-0.1, -0.05) is 12.1 Å². The average molecular weight is 225 g/mol. The Balaban J connectivity index is 2.26. The summed E-state index contributed by atoms with van der Waals surface area (Å²) in [7, 11) is 0. The number of unbranched alkanes of at least 4 members (excludes halogenated alkanes) is 1. The van der Waals surface area contributed by atoms with Crippen LogP contribution in [0.25, 0.3) is 0 Å². The van der Waals surface area contributed by atoms with Gasteiger partial charge < -0.3 is 10.4 Å². The zero-order valence-electron chi connectivity index (χ0n) is 9.08. The molecule has 0 saturated carbocycles. The molecule has 1 aromatic rings. The maximum absolute atomic E-state index is 12.8. The first-order chi connectivity index (χ1) is 7.72. The Hall–Kier alpha value is -1.42. The topological polar surface area (TPSA) is 49.3 Å². The van der Waals surface area contributed by atoms with Gasteiger partial charge in [-0.05, 0) is 30.5 Å². The smallest absolute Gasteiger partial charge is 0.220 e. The second kappa shape index (κ2) is 6.95. The van der Waals surface area contributed by atoms with E-state index >= 15 is 0 Å². The van der Waals surface area contributed by atoms with Crippen molar-refractivity contribution in [3.05, 3.63) is 35.6 Å². The number of aliphatic hydroxyl groups is 1. The molecule has 1 amide bonds. The third-order valence-electron chi connectivity index (χ3n) is 2.19. The summed E-state index contributed by atoms with van der Waals surface area (Å²) >= 11 is 0. The van der Waals surface area contributed by atoms with Crippen molar-refractivity contribution in [1.82, 2.24) is 5.32 Å². The van der Waals surface area contributed by atoms with E-state index in [2.05, 4.69) is 5.32 Å². The lowest BCUT2D eigenvalue weighted by atomic mass is 10.2. The summed E-state index contributed by atoms with van der Waals surface area (Å²) in [5.74, 6) is -0.371. The van der Waals surface area contributed by atoms with Gasteiger partial charge in [-0.25, -0.2) is 4.39 Å². The highest BCUT2D eigenvalue weighted by Crippen LogP contribution is 2.03. The van der Waals surface area contributed by atoms with Gasteiger partial charge in [-0.2, -0.15) is 0 Å². The largest absolute Gasteiger partial charge is 0.396 e. The molecule has 0 radical (unpaired) electrons. The standard InChI is InChI=1S/C12H16FNO2/c13-11-5-3-4-10(8-11)9-14-12(16)6-1-2-7-15/h3-5,8,15H,1-2,6-7,9H2,(H,14,16). The molecule has 0 aliphatic rings. The highest BCUT2D eigenvalue weighted by molar-refractivity contribution is 5.75. The van der Waals surface area contributed by atoms with E-state index in [1.54, 1.807) is 12.1 Å². The van der Waals surface area contributed by atoms with E-state index < -0.39 is 0 Å². The molecule has 0 spiro atoms. The van der Waals surface area contributed by atoms with Crippen molar-refractivity contribution in [2.75, 3.05) is 6.61 Å². The lowest BCUT2D eigenvalue weighted by Gasteiger charge is -2.04. The number of amides is 1. The molecule has 4 heteroatoms. The molecule has 3 nitrogen and oxygen atoms in total. The zero-order valence-corrected chi connectivity index (χ0v) is 9.08. The average Bonchev–Trinajstić information content (AvgIpc) is 2.27. The number of aliphatic hydroxyl groups excluding tert-OH is 1. The number of benzene rings is 1. The van der Waals surface area contributed by atoms with Gasteiger partial charge in [0.15, 0.2) is 0 Å². The van der Waals surface area contributed by atoms with E-state index in [-0.39, 0.29) is 18.3 Å². The summed E-state index contributed by atoms with van der Waals surface area (Å²) in [4.78, 5) is 11.3. The van der Waals surface area contributed by atoms with Crippen LogP contribution in [0.15, 0.2) is 24.3 Å². The van der Waals surface area contributed by atoms with E-state index in [0.717, 1.165) is 5.56 Å². The van der Waals surface area contributed by atoms with Crippen LogP contribution in [0.5, 0.6) is 0 Å². The summed E-state index contributed by atoms with van der Waals surface area (Å²) in [6.45, 7) is 0.451. The van der Waals surface area contributed by atoms with Crippen molar-refractivity contribution in [2.45, 2.75) is 25.8 Å². The molecule has 0 aliphatic carbocycles. The predicted molar refractivity (Wildman–Crippen MR) is 59.2 cm³/mol. The van der Waals surface area contributed by atoms with Crippen LogP contribution in [0.4, 0.5) is 4.39 Å². The normalized spacial score (nSPS) is 10.1. The summed E-state index contributed by atoms with van der Waals surface area (Å²) < 4.78 is 12.8. The van der Waals surface area contributed by atoms with E-state index in [9.17, 15) is 9.18 Å². The van der Waals surface area contributed by atoms with Gasteiger partial charge in [0.25, 0.3) is 0 Å². The number of hydrogen-bond acceptors (Lipinski definition) is 2. The van der Waals surface area contributed by atoms with Crippen LogP contribution in [0.2, 0.25) is 0 Å². The molecule has 16 heavy (non-hydrogen) atoms. The predicted octanol–water partition coefficient (Wildman–Crippen LogP) is 1.60. The Morgan fingerprint density at radius 2 is 2.19 bits per heavy atom. The fourth-order valence-electron chi connectivity index (χ4n) is 1.33. The molecule has 0 heterocycles. The molecule has 88 valence electrons. The fourth-order valence-corrected chi connectivity index (χ4v) is 1.33. The summed E-state index contributed by atoms with van der Waals surface area (Å²) in [6.07, 6.45) is 1.70. The second-order valence-corrected chi connectivity index (χ2v) is 3.59. The molecule has 2 N–H and O–H groups in total. The molecule has 0 bridgehead atoms. The number of carbonyl (C=O) groups is 1. The van der Waals surface area contributed by atoms with Crippen molar-refractivity contribution >= 4 is 5.91 Å². The monoisotopic (exact) mass is 225 g/mol. The van der Waals surface area contributed by atoms with Gasteiger partial charge in [0, 0.05) is 19.6 Å². The van der Waals surface area contributed by atoms with Gasteiger partial charge in [0.05, 0.1) is 0 Å². The highest BCUT2D eigenvalue weighted by atomic mass is 19.1. The minimum absolute atomic E-state index is 0.0716. The first-order valence-corrected chi connectivity index (χ1v) is 5.34. The van der Waals surface area contributed by atoms with Crippen LogP contribution < -0.4 is 5.32 Å². The van der Waals surface area contributed by atoms with Crippen molar-refractivity contribution < 1.29 is 14.3 Å². The minimum Gasteiger partial charge on any atom is -0.396 e. The molecule has 0 aromatic heterocycles. The molecule has 0 atom stereocenters. The Bertz CT molecular complexity index is 342. The van der Waals surface area contributed by atoms with Crippen LogP contribution in [0.1, 0.15) is 24.8 Å². The molecule has 1 aromatic carbocycles. The number of rotatable bonds is 6. The van der Waals surface area contributed by atoms with Gasteiger partial charge in [0.1, 0.15) is 5.82 Å². The lowest BCUT2D eigenvalue weighted by molar-refractivity contribution is -0.121. The van der Waals surface area contributed by atoms with Crippen LogP contribution in [-0.2, 0) is 11.3 Å². The Kier molecular flexibility index (Phi) is 5.50. The van der Waals surface area contributed by atoms with E-state index in [0.29, 0.717) is 25.8 Å². The molecule has 0 saturated heterocycles. The van der Waals surface area contributed by atoms with E-state index in [1.165, 1.54) is 12.1 Å². The molecular weight excluding hydrogens is 209 g/mol. The maximum Gasteiger partial charge on any atom is 0.220 e. The number of hydrogen-bond donors (Lipinski definition) is 2. The van der Waals surface area contributed by atoms with Crippen molar-refractivity contribution in [3.63, 3.8) is 0 Å². The maximum atomic E-state index is 12.8. The lowest BCUT2D eigenvalue weighted by Crippen LogP contribution is -2.22. The third-order valence-corrected chi connectivity index (χ3v) is 2.19. The van der Waals surface area contributed by atoms with Crippen molar-refractivity contribution in [3.8, 4) is 0 Å². The van der Waals surface area contributed by atoms with Gasteiger partial charge >= 0.3 is 0 Å². The van der Waals surface area contributed by atoms with Crippen molar-refractivity contribution in [2.24, 2.45) is 0 Å². The van der Waals surface area contributed by atoms with E-state index in [4.69, 9.17) is 5.11 Å². The first kappa shape index (κ1) is 12.6. The summed E-state index contributed by atoms with van der Waals surface area (Å²) in [5, 5.41) is 11.2. The Morgan fingerprint density at radius 3 is 2.88 bits per heavy atom. The zero-order chi connectivity index (χ0) is 11.8. The van der Waals surface area contributed by atoms with Crippen LogP contribution in [0.3, 0.4) is 0 Å². The van der Waals surface area contributed by atoms with Crippen LogP contribution >= 0.6 is 0 Å². The van der Waals surface area contributed by atoms with Crippen molar-refractivity contribution in [1.29, 1.82) is 0 Å². The minimum atomic E-state index is -0.299. The molecule has 0 aliphatic heterocycles. The van der Waals surface area contributed by atoms with E-state index in [1.807, 2.05) is 0 Å². The molecular formula is C12H16FNO2. The van der Waals surface area contributed by atoms with Crippen LogP contribution in [-0.4, -0.2) is 17.6 Å². The highest BCUT2D eigenvalue weighted by Gasteiger charge is 2.01. The summed E-state index contributed by atoms with van der Waals surface area (Å²) in [5.41, 5.74) is 0.746. The Morgan fingerprint density at radius 1 is 1.38 bits per heavy atom. The first-order valence-electron chi connectivity index (χ1n) is 5.34. The van der Waals surface area contributed by atoms with Crippen LogP contribution in [0, 0.1) is 5.82 Å². The number of nitrogens with one attached hydrogen (secondary N) is 1. The van der Waals surface area contributed by atoms with Gasteiger partial charge in [-0.3, -0.25) is 4.79 Å². The summed E-state index contributed by atoms with van der Waals surface area (Å²) in [6, 6.07) is 6.14. The quantitative estimate of drug-likeness (QED) is 0.722. The third kappa shape index (κ3) is 4.89. The second-order valence-electron chi connectivity index (χ2n) is 3.59.